The van der Waals surface area contributed by atoms with Gasteiger partial charge >= 0.3 is 12.0 Å². The van der Waals surface area contributed by atoms with Crippen molar-refractivity contribution < 1.29 is 14.7 Å². The van der Waals surface area contributed by atoms with Gasteiger partial charge in [-0.3, -0.25) is 9.69 Å². The SMILES string of the molecule is CNCCCNC(=O)N(CCCC(=O)O)c1ccccc1. The molecular weight excluding hydrogens is 270 g/mol. The maximum Gasteiger partial charge on any atom is 0.321 e. The quantitative estimate of drug-likeness (QED) is 0.605. The van der Waals surface area contributed by atoms with Crippen LogP contribution >= 0.6 is 0 Å². The van der Waals surface area contributed by atoms with Crippen LogP contribution in [0.2, 0.25) is 0 Å². The Bertz CT molecular complexity index is 437. The number of amides is 2. The first kappa shape index (κ1) is 17.0. The van der Waals surface area contributed by atoms with Crippen LogP contribution in [0, 0.1) is 0 Å². The first-order chi connectivity index (χ1) is 10.1. The molecule has 116 valence electrons. The van der Waals surface area contributed by atoms with Crippen LogP contribution in [0.15, 0.2) is 30.3 Å². The summed E-state index contributed by atoms with van der Waals surface area (Å²) in [5.41, 5.74) is 0.772. The molecule has 0 aliphatic heterocycles. The Hall–Kier alpha value is -2.08. The number of anilines is 1. The fourth-order valence-corrected chi connectivity index (χ4v) is 1.90. The zero-order valence-electron chi connectivity index (χ0n) is 12.3. The molecule has 1 rings (SSSR count). The number of nitrogens with zero attached hydrogens (tertiary/aromatic N) is 1. The van der Waals surface area contributed by atoms with Crippen LogP contribution < -0.4 is 15.5 Å². The first-order valence-electron chi connectivity index (χ1n) is 7.12. The third-order valence-corrected chi connectivity index (χ3v) is 2.97. The molecule has 0 spiro atoms. The number of carbonyl (C=O) groups excluding carboxylic acids is 1. The van der Waals surface area contributed by atoms with Gasteiger partial charge in [0, 0.05) is 25.2 Å². The monoisotopic (exact) mass is 293 g/mol. The van der Waals surface area contributed by atoms with Crippen LogP contribution in [0.25, 0.3) is 0 Å². The molecule has 0 saturated heterocycles. The van der Waals surface area contributed by atoms with Crippen molar-refractivity contribution >= 4 is 17.7 Å². The minimum absolute atomic E-state index is 0.0520. The van der Waals surface area contributed by atoms with Crippen molar-refractivity contribution in [2.75, 3.05) is 31.6 Å². The number of urea groups is 1. The van der Waals surface area contributed by atoms with E-state index in [1.807, 2.05) is 37.4 Å². The maximum atomic E-state index is 12.2. The Labute approximate surface area is 125 Å². The van der Waals surface area contributed by atoms with Gasteiger partial charge in [0.2, 0.25) is 0 Å². The van der Waals surface area contributed by atoms with Crippen molar-refractivity contribution in [3.8, 4) is 0 Å². The minimum atomic E-state index is -0.850. The molecule has 0 aromatic heterocycles. The highest BCUT2D eigenvalue weighted by Gasteiger charge is 2.15. The van der Waals surface area contributed by atoms with E-state index >= 15 is 0 Å². The molecule has 0 unspecified atom stereocenters. The summed E-state index contributed by atoms with van der Waals surface area (Å²) in [6.45, 7) is 1.81. The van der Waals surface area contributed by atoms with Crippen LogP contribution in [0.3, 0.4) is 0 Å². The second-order valence-electron chi connectivity index (χ2n) is 4.67. The largest absolute Gasteiger partial charge is 0.481 e. The van der Waals surface area contributed by atoms with Crippen molar-refractivity contribution in [2.24, 2.45) is 0 Å². The summed E-state index contributed by atoms with van der Waals surface area (Å²) in [5, 5.41) is 14.6. The van der Waals surface area contributed by atoms with Gasteiger partial charge in [-0.05, 0) is 38.6 Å². The normalized spacial score (nSPS) is 10.1. The molecule has 0 aliphatic rings. The molecule has 21 heavy (non-hydrogen) atoms. The number of hydrogen-bond donors (Lipinski definition) is 3. The van der Waals surface area contributed by atoms with Crippen LogP contribution in [-0.2, 0) is 4.79 Å². The summed E-state index contributed by atoms with van der Waals surface area (Å²) in [6, 6.07) is 9.08. The molecule has 2 amide bonds. The summed E-state index contributed by atoms with van der Waals surface area (Å²) in [4.78, 5) is 24.4. The molecule has 0 aliphatic carbocycles. The van der Waals surface area contributed by atoms with E-state index in [2.05, 4.69) is 10.6 Å². The molecule has 3 N–H and O–H groups in total. The van der Waals surface area contributed by atoms with Gasteiger partial charge in [-0.1, -0.05) is 18.2 Å². The van der Waals surface area contributed by atoms with E-state index in [0.717, 1.165) is 18.7 Å². The molecule has 0 saturated carbocycles. The molecule has 0 bridgehead atoms. The number of rotatable bonds is 9. The summed E-state index contributed by atoms with van der Waals surface area (Å²) in [5.74, 6) is -0.850. The molecule has 6 heteroatoms. The zero-order chi connectivity index (χ0) is 15.5. The maximum absolute atomic E-state index is 12.2. The van der Waals surface area contributed by atoms with Gasteiger partial charge in [0.1, 0.15) is 0 Å². The number of carbonyl (C=O) groups is 2. The Morgan fingerprint density at radius 1 is 1.14 bits per heavy atom. The number of benzene rings is 1. The van der Waals surface area contributed by atoms with Gasteiger partial charge in [0.25, 0.3) is 0 Å². The van der Waals surface area contributed by atoms with Crippen LogP contribution in [0.1, 0.15) is 19.3 Å². The molecule has 0 atom stereocenters. The standard InChI is InChI=1S/C15H23N3O3/c1-16-10-6-11-17-15(21)18(12-5-9-14(19)20)13-7-3-2-4-8-13/h2-4,7-8,16H,5-6,9-12H2,1H3,(H,17,21)(H,19,20). The topological polar surface area (TPSA) is 81.7 Å². The van der Waals surface area contributed by atoms with Crippen LogP contribution in [-0.4, -0.2) is 43.8 Å². The number of carboxylic acids is 1. The van der Waals surface area contributed by atoms with E-state index in [1.54, 1.807) is 4.90 Å². The number of aliphatic carboxylic acids is 1. The fourth-order valence-electron chi connectivity index (χ4n) is 1.90. The van der Waals surface area contributed by atoms with Crippen LogP contribution in [0.4, 0.5) is 10.5 Å². The zero-order valence-corrected chi connectivity index (χ0v) is 12.3. The summed E-state index contributed by atoms with van der Waals surface area (Å²) in [7, 11) is 1.87. The molecule has 1 aromatic carbocycles. The smallest absolute Gasteiger partial charge is 0.321 e. The number of nitrogens with one attached hydrogen (secondary N) is 2. The predicted molar refractivity (Wildman–Crippen MR) is 82.6 cm³/mol. The number of para-hydroxylation sites is 1. The number of carboxylic acid groups (broad SMARTS) is 1. The Balaban J connectivity index is 2.58. The van der Waals surface area contributed by atoms with Crippen molar-refractivity contribution in [1.82, 2.24) is 10.6 Å². The van der Waals surface area contributed by atoms with E-state index in [4.69, 9.17) is 5.11 Å². The van der Waals surface area contributed by atoms with Gasteiger partial charge in [-0.15, -0.1) is 0 Å². The van der Waals surface area contributed by atoms with Gasteiger partial charge < -0.3 is 15.7 Å². The molecule has 0 radical (unpaired) electrons. The van der Waals surface area contributed by atoms with Crippen molar-refractivity contribution in [2.45, 2.75) is 19.3 Å². The summed E-state index contributed by atoms with van der Waals surface area (Å²) >= 11 is 0. The van der Waals surface area contributed by atoms with Crippen molar-refractivity contribution in [3.63, 3.8) is 0 Å². The lowest BCUT2D eigenvalue weighted by Crippen LogP contribution is -2.41. The lowest BCUT2D eigenvalue weighted by atomic mass is 10.2. The highest BCUT2D eigenvalue weighted by Crippen LogP contribution is 2.14. The van der Waals surface area contributed by atoms with Gasteiger partial charge in [0.15, 0.2) is 0 Å². The third kappa shape index (κ3) is 6.76. The van der Waals surface area contributed by atoms with E-state index in [1.165, 1.54) is 0 Å². The summed E-state index contributed by atoms with van der Waals surface area (Å²) < 4.78 is 0. The molecular formula is C15H23N3O3. The Kier molecular flexibility index (Phi) is 7.89. The Morgan fingerprint density at radius 2 is 1.86 bits per heavy atom. The summed E-state index contributed by atoms with van der Waals surface area (Å²) in [6.07, 6.45) is 1.32. The number of hydrogen-bond acceptors (Lipinski definition) is 3. The first-order valence-corrected chi connectivity index (χ1v) is 7.12. The average Bonchev–Trinajstić information content (AvgIpc) is 2.48. The van der Waals surface area contributed by atoms with Gasteiger partial charge in [-0.2, -0.15) is 0 Å². The van der Waals surface area contributed by atoms with Gasteiger partial charge in [0.05, 0.1) is 0 Å². The molecule has 0 fully saturated rings. The minimum Gasteiger partial charge on any atom is -0.481 e. The second kappa shape index (κ2) is 9.77. The molecule has 6 nitrogen and oxygen atoms in total. The van der Waals surface area contributed by atoms with E-state index in [-0.39, 0.29) is 12.5 Å². The Morgan fingerprint density at radius 3 is 2.48 bits per heavy atom. The average molecular weight is 293 g/mol. The van der Waals surface area contributed by atoms with Crippen LogP contribution in [0.5, 0.6) is 0 Å². The van der Waals surface area contributed by atoms with E-state index in [0.29, 0.717) is 19.5 Å². The lowest BCUT2D eigenvalue weighted by Gasteiger charge is -2.23. The van der Waals surface area contributed by atoms with Gasteiger partial charge in [-0.25, -0.2) is 4.79 Å². The molecule has 1 aromatic rings. The van der Waals surface area contributed by atoms with Crippen molar-refractivity contribution in [3.05, 3.63) is 30.3 Å². The molecule has 0 heterocycles. The second-order valence-corrected chi connectivity index (χ2v) is 4.67. The van der Waals surface area contributed by atoms with Crippen molar-refractivity contribution in [1.29, 1.82) is 0 Å². The fraction of sp³-hybridized carbons (Fsp3) is 0.467. The van der Waals surface area contributed by atoms with E-state index in [9.17, 15) is 9.59 Å². The predicted octanol–water partition coefficient (Wildman–Crippen LogP) is 1.68. The van der Waals surface area contributed by atoms with E-state index < -0.39 is 5.97 Å². The lowest BCUT2D eigenvalue weighted by molar-refractivity contribution is -0.137. The highest BCUT2D eigenvalue weighted by atomic mass is 16.4. The third-order valence-electron chi connectivity index (χ3n) is 2.97. The highest BCUT2D eigenvalue weighted by molar-refractivity contribution is 5.91.